The van der Waals surface area contributed by atoms with Gasteiger partial charge in [0.05, 0.1) is 0 Å². The highest BCUT2D eigenvalue weighted by atomic mass is 35.5. The van der Waals surface area contributed by atoms with Crippen LogP contribution in [0.15, 0.2) is 24.3 Å². The van der Waals surface area contributed by atoms with Gasteiger partial charge in [0.1, 0.15) is 6.29 Å². The third kappa shape index (κ3) is 2.08. The normalized spacial score (nSPS) is 12.5. The molecule has 12 heavy (non-hydrogen) atoms. The van der Waals surface area contributed by atoms with E-state index in [0.717, 1.165) is 16.9 Å². The molecule has 0 aliphatic heterocycles. The number of benzene rings is 1. The first-order valence-corrected chi connectivity index (χ1v) is 4.31. The summed E-state index contributed by atoms with van der Waals surface area (Å²) >= 11 is 5.94. The van der Waals surface area contributed by atoms with Crippen LogP contribution < -0.4 is 0 Å². The van der Waals surface area contributed by atoms with Gasteiger partial charge >= 0.3 is 0 Å². The molecule has 0 aliphatic carbocycles. The van der Waals surface area contributed by atoms with Crippen LogP contribution in [0.1, 0.15) is 24.8 Å². The van der Waals surface area contributed by atoms with Crippen LogP contribution in [-0.4, -0.2) is 6.29 Å². The van der Waals surface area contributed by atoms with Crippen molar-refractivity contribution in [1.29, 1.82) is 0 Å². The minimum Gasteiger partial charge on any atom is -0.303 e. The van der Waals surface area contributed by atoms with Crippen LogP contribution in [0.4, 0.5) is 0 Å². The molecule has 1 rings (SSSR count). The molecule has 0 spiro atoms. The zero-order valence-corrected chi connectivity index (χ0v) is 7.71. The van der Waals surface area contributed by atoms with Crippen LogP contribution in [0, 0.1) is 0 Å². The molecule has 0 fully saturated rings. The van der Waals surface area contributed by atoms with E-state index in [-0.39, 0.29) is 5.92 Å². The average Bonchev–Trinajstić information content (AvgIpc) is 2.05. The van der Waals surface area contributed by atoms with E-state index in [1.165, 1.54) is 0 Å². The van der Waals surface area contributed by atoms with Gasteiger partial charge in [-0.3, -0.25) is 0 Å². The summed E-state index contributed by atoms with van der Waals surface area (Å²) in [5.74, 6) is 0.219. The Labute approximate surface area is 77.4 Å². The fourth-order valence-corrected chi connectivity index (χ4v) is 1.47. The molecule has 0 aliphatic rings. The number of rotatable bonds is 3. The highest BCUT2D eigenvalue weighted by molar-refractivity contribution is 6.31. The molecular weight excluding hydrogens is 172 g/mol. The van der Waals surface area contributed by atoms with Crippen molar-refractivity contribution in [2.24, 2.45) is 0 Å². The van der Waals surface area contributed by atoms with Crippen molar-refractivity contribution in [2.45, 2.75) is 19.3 Å². The van der Waals surface area contributed by atoms with E-state index in [1.54, 1.807) is 0 Å². The molecule has 0 radical (unpaired) electrons. The first kappa shape index (κ1) is 9.27. The summed E-state index contributed by atoms with van der Waals surface area (Å²) in [7, 11) is 0. The van der Waals surface area contributed by atoms with Gasteiger partial charge in [-0.1, -0.05) is 36.7 Å². The number of hydrogen-bond acceptors (Lipinski definition) is 1. The van der Waals surface area contributed by atoms with Crippen molar-refractivity contribution in [3.8, 4) is 0 Å². The molecule has 0 aromatic heterocycles. The highest BCUT2D eigenvalue weighted by Gasteiger charge is 2.07. The number of hydrogen-bond donors (Lipinski definition) is 0. The van der Waals surface area contributed by atoms with Crippen LogP contribution in [0.2, 0.25) is 5.02 Å². The Hall–Kier alpha value is -0.820. The molecule has 0 amide bonds. The fourth-order valence-electron chi connectivity index (χ4n) is 1.15. The lowest BCUT2D eigenvalue weighted by Gasteiger charge is -2.09. The summed E-state index contributed by atoms with van der Waals surface area (Å²) < 4.78 is 0. The van der Waals surface area contributed by atoms with Gasteiger partial charge in [-0.05, 0) is 17.5 Å². The molecule has 2 heteroatoms. The smallest absolute Gasteiger partial charge is 0.120 e. The van der Waals surface area contributed by atoms with Gasteiger partial charge in [0.25, 0.3) is 0 Å². The van der Waals surface area contributed by atoms with Gasteiger partial charge in [-0.25, -0.2) is 0 Å². The van der Waals surface area contributed by atoms with Crippen molar-refractivity contribution >= 4 is 17.9 Å². The van der Waals surface area contributed by atoms with E-state index in [9.17, 15) is 4.79 Å². The molecule has 0 saturated heterocycles. The Kier molecular flexibility index (Phi) is 3.30. The first-order valence-electron chi connectivity index (χ1n) is 3.93. The monoisotopic (exact) mass is 182 g/mol. The third-order valence-electron chi connectivity index (χ3n) is 1.89. The highest BCUT2D eigenvalue weighted by Crippen LogP contribution is 2.25. The first-order chi connectivity index (χ1) is 5.75. The second kappa shape index (κ2) is 4.27. The van der Waals surface area contributed by atoms with Gasteiger partial charge in [0.2, 0.25) is 0 Å². The Morgan fingerprint density at radius 1 is 1.50 bits per heavy atom. The van der Waals surface area contributed by atoms with Crippen LogP contribution in [0.5, 0.6) is 0 Å². The van der Waals surface area contributed by atoms with Crippen molar-refractivity contribution in [3.63, 3.8) is 0 Å². The Bertz CT molecular complexity index is 270. The second-order valence-electron chi connectivity index (χ2n) is 2.82. The number of halogens is 1. The molecule has 0 saturated carbocycles. The molecule has 64 valence electrons. The van der Waals surface area contributed by atoms with Crippen molar-refractivity contribution in [1.82, 2.24) is 0 Å². The quantitative estimate of drug-likeness (QED) is 0.657. The molecule has 0 heterocycles. The molecule has 1 aromatic rings. The maximum Gasteiger partial charge on any atom is 0.120 e. The van der Waals surface area contributed by atoms with Gasteiger partial charge in [0, 0.05) is 11.4 Å². The zero-order valence-electron chi connectivity index (χ0n) is 6.96. The van der Waals surface area contributed by atoms with Gasteiger partial charge < -0.3 is 4.79 Å². The molecule has 1 aromatic carbocycles. The summed E-state index contributed by atoms with van der Waals surface area (Å²) in [5, 5.41) is 0.742. The van der Waals surface area contributed by atoms with E-state index in [0.29, 0.717) is 6.42 Å². The average molecular weight is 183 g/mol. The largest absolute Gasteiger partial charge is 0.303 e. The summed E-state index contributed by atoms with van der Waals surface area (Å²) in [6.45, 7) is 2.00. The second-order valence-corrected chi connectivity index (χ2v) is 3.23. The van der Waals surface area contributed by atoms with Crippen LogP contribution in [0.25, 0.3) is 0 Å². The minimum absolute atomic E-state index is 0.219. The lowest BCUT2D eigenvalue weighted by Crippen LogP contribution is -1.94. The molecule has 1 nitrogen and oxygen atoms in total. The molecular formula is C10H11ClO. The number of carbonyl (C=O) groups excluding carboxylic acids is 1. The van der Waals surface area contributed by atoms with Crippen molar-refractivity contribution < 1.29 is 4.79 Å². The lowest BCUT2D eigenvalue weighted by atomic mass is 9.99. The van der Waals surface area contributed by atoms with Crippen molar-refractivity contribution in [2.75, 3.05) is 0 Å². The lowest BCUT2D eigenvalue weighted by molar-refractivity contribution is -0.108. The minimum atomic E-state index is 0.219. The molecule has 0 N–H and O–H groups in total. The maximum absolute atomic E-state index is 10.3. The zero-order chi connectivity index (χ0) is 8.97. The van der Waals surface area contributed by atoms with Crippen LogP contribution in [0.3, 0.4) is 0 Å². The van der Waals surface area contributed by atoms with E-state index in [1.807, 2.05) is 31.2 Å². The van der Waals surface area contributed by atoms with Crippen LogP contribution in [-0.2, 0) is 4.79 Å². The van der Waals surface area contributed by atoms with E-state index in [4.69, 9.17) is 11.6 Å². The Morgan fingerprint density at radius 3 is 2.75 bits per heavy atom. The molecule has 0 bridgehead atoms. The maximum atomic E-state index is 10.3. The van der Waals surface area contributed by atoms with Gasteiger partial charge in [0.15, 0.2) is 0 Å². The molecule has 1 atom stereocenters. The van der Waals surface area contributed by atoms with E-state index < -0.39 is 0 Å². The fraction of sp³-hybridized carbons (Fsp3) is 0.300. The molecule has 1 unspecified atom stereocenters. The van der Waals surface area contributed by atoms with Gasteiger partial charge in [-0.2, -0.15) is 0 Å². The van der Waals surface area contributed by atoms with E-state index >= 15 is 0 Å². The van der Waals surface area contributed by atoms with Crippen LogP contribution >= 0.6 is 11.6 Å². The van der Waals surface area contributed by atoms with Gasteiger partial charge in [-0.15, -0.1) is 0 Å². The van der Waals surface area contributed by atoms with Crippen molar-refractivity contribution in [3.05, 3.63) is 34.9 Å². The summed E-state index contributed by atoms with van der Waals surface area (Å²) in [6.07, 6.45) is 1.46. The number of carbonyl (C=O) groups is 1. The Balaban J connectivity index is 2.86. The standard InChI is InChI=1S/C10H11ClO/c1-8(6-7-12)9-4-2-3-5-10(9)11/h2-5,7-8H,6H2,1H3. The predicted octanol–water partition coefficient (Wildman–Crippen LogP) is 3.03. The SMILES string of the molecule is CC(CC=O)c1ccccc1Cl. The Morgan fingerprint density at radius 2 is 2.17 bits per heavy atom. The number of aldehydes is 1. The summed E-state index contributed by atoms with van der Waals surface area (Å²) in [5.41, 5.74) is 1.05. The summed E-state index contributed by atoms with van der Waals surface area (Å²) in [4.78, 5) is 10.3. The third-order valence-corrected chi connectivity index (χ3v) is 2.23. The summed E-state index contributed by atoms with van der Waals surface area (Å²) in [6, 6.07) is 7.62. The topological polar surface area (TPSA) is 17.1 Å². The van der Waals surface area contributed by atoms with E-state index in [2.05, 4.69) is 0 Å². The predicted molar refractivity (Wildman–Crippen MR) is 50.5 cm³/mol.